The number of alkyl halides is 3. The quantitative estimate of drug-likeness (QED) is 0.700. The highest BCUT2D eigenvalue weighted by Crippen LogP contribution is 2.23. The lowest BCUT2D eigenvalue weighted by molar-refractivity contribution is -0.154. The topological polar surface area (TPSA) is 41.6 Å². The summed E-state index contributed by atoms with van der Waals surface area (Å²) in [6.45, 7) is 8.06. The molecule has 126 valence electrons. The van der Waals surface area contributed by atoms with E-state index in [1.54, 1.807) is 20.8 Å². The van der Waals surface area contributed by atoms with Gasteiger partial charge in [0.1, 0.15) is 5.54 Å². The summed E-state index contributed by atoms with van der Waals surface area (Å²) in [6.07, 6.45) is -4.01. The van der Waals surface area contributed by atoms with Crippen LogP contribution >= 0.6 is 0 Å². The van der Waals surface area contributed by atoms with Crippen LogP contribution in [0.15, 0.2) is 0 Å². The molecule has 0 aliphatic carbocycles. The first-order valence-corrected chi connectivity index (χ1v) is 7.12. The van der Waals surface area contributed by atoms with Gasteiger partial charge in [0, 0.05) is 12.1 Å². The number of esters is 1. The summed E-state index contributed by atoms with van der Waals surface area (Å²) in [5.74, 6) is -0.467. The van der Waals surface area contributed by atoms with Crippen molar-refractivity contribution in [3.8, 4) is 0 Å². The zero-order chi connectivity index (χ0) is 16.8. The van der Waals surface area contributed by atoms with Gasteiger partial charge in [-0.05, 0) is 40.7 Å². The van der Waals surface area contributed by atoms with Crippen molar-refractivity contribution in [2.75, 3.05) is 20.2 Å². The van der Waals surface area contributed by atoms with E-state index in [0.717, 1.165) is 0 Å². The number of hydrogen-bond donors (Lipinski definition) is 1. The zero-order valence-corrected chi connectivity index (χ0v) is 13.7. The molecule has 0 aromatic heterocycles. The minimum atomic E-state index is -4.25. The van der Waals surface area contributed by atoms with Gasteiger partial charge in [-0.25, -0.2) is 0 Å². The molecule has 4 nitrogen and oxygen atoms in total. The minimum Gasteiger partial charge on any atom is -0.468 e. The zero-order valence-electron chi connectivity index (χ0n) is 13.7. The Morgan fingerprint density at radius 1 is 1.29 bits per heavy atom. The van der Waals surface area contributed by atoms with Crippen molar-refractivity contribution in [2.24, 2.45) is 0 Å². The summed E-state index contributed by atoms with van der Waals surface area (Å²) in [7, 11) is 1.28. The predicted molar refractivity (Wildman–Crippen MR) is 76.1 cm³/mol. The standard InChI is InChI=1S/C14H27F3N2O2/c1-7-19(9-14(15,16)17)11(4)8-13(5,12(20)21-6)18-10(2)3/h10-11,18H,7-9H2,1-6H3. The third-order valence-electron chi connectivity index (χ3n) is 3.36. The summed E-state index contributed by atoms with van der Waals surface area (Å²) < 4.78 is 42.5. The van der Waals surface area contributed by atoms with E-state index in [4.69, 9.17) is 4.74 Å². The summed E-state index contributed by atoms with van der Waals surface area (Å²) in [5, 5.41) is 3.10. The van der Waals surface area contributed by atoms with Gasteiger partial charge in [0.05, 0.1) is 13.7 Å². The van der Waals surface area contributed by atoms with Gasteiger partial charge in [0.2, 0.25) is 0 Å². The molecule has 21 heavy (non-hydrogen) atoms. The van der Waals surface area contributed by atoms with E-state index in [2.05, 4.69) is 5.32 Å². The van der Waals surface area contributed by atoms with E-state index in [0.29, 0.717) is 0 Å². The number of carbonyl (C=O) groups excluding carboxylic acids is 1. The third-order valence-corrected chi connectivity index (χ3v) is 3.36. The Balaban J connectivity index is 5.01. The average molecular weight is 312 g/mol. The molecule has 0 spiro atoms. The molecule has 0 radical (unpaired) electrons. The van der Waals surface area contributed by atoms with Crippen LogP contribution in [0.25, 0.3) is 0 Å². The predicted octanol–water partition coefficient (Wildman–Crippen LogP) is 2.58. The van der Waals surface area contributed by atoms with Gasteiger partial charge in [0.15, 0.2) is 0 Å². The number of hydrogen-bond acceptors (Lipinski definition) is 4. The van der Waals surface area contributed by atoms with E-state index < -0.39 is 30.3 Å². The molecule has 0 amide bonds. The smallest absolute Gasteiger partial charge is 0.401 e. The monoisotopic (exact) mass is 312 g/mol. The molecule has 1 N–H and O–H groups in total. The van der Waals surface area contributed by atoms with Crippen molar-refractivity contribution in [3.05, 3.63) is 0 Å². The van der Waals surface area contributed by atoms with Crippen molar-refractivity contribution in [3.63, 3.8) is 0 Å². The van der Waals surface area contributed by atoms with Gasteiger partial charge in [-0.2, -0.15) is 13.2 Å². The molecule has 0 fully saturated rings. The number of nitrogens with one attached hydrogen (secondary N) is 1. The van der Waals surface area contributed by atoms with E-state index in [9.17, 15) is 18.0 Å². The lowest BCUT2D eigenvalue weighted by Crippen LogP contribution is -2.56. The Bertz CT molecular complexity index is 335. The maximum Gasteiger partial charge on any atom is 0.401 e. The number of ether oxygens (including phenoxy) is 1. The molecule has 2 atom stereocenters. The van der Waals surface area contributed by atoms with Crippen LogP contribution in [-0.4, -0.2) is 54.9 Å². The maximum atomic E-state index is 12.6. The molecular weight excluding hydrogens is 285 g/mol. The first-order valence-electron chi connectivity index (χ1n) is 7.12. The summed E-state index contributed by atoms with van der Waals surface area (Å²) >= 11 is 0. The second-order valence-electron chi connectivity index (χ2n) is 5.85. The molecule has 2 unspecified atom stereocenters. The van der Waals surface area contributed by atoms with Gasteiger partial charge in [-0.1, -0.05) is 6.92 Å². The van der Waals surface area contributed by atoms with Crippen LogP contribution in [0.5, 0.6) is 0 Å². The number of methoxy groups -OCH3 is 1. The van der Waals surface area contributed by atoms with Gasteiger partial charge >= 0.3 is 12.1 Å². The van der Waals surface area contributed by atoms with Crippen molar-refractivity contribution >= 4 is 5.97 Å². The van der Waals surface area contributed by atoms with E-state index in [1.807, 2.05) is 13.8 Å². The average Bonchev–Trinajstić information content (AvgIpc) is 2.32. The number of halogens is 3. The molecule has 0 heterocycles. The van der Waals surface area contributed by atoms with Gasteiger partial charge in [-0.15, -0.1) is 0 Å². The van der Waals surface area contributed by atoms with Crippen molar-refractivity contribution < 1.29 is 22.7 Å². The fourth-order valence-electron chi connectivity index (χ4n) is 2.59. The lowest BCUT2D eigenvalue weighted by atomic mass is 9.92. The first kappa shape index (κ1) is 20.2. The van der Waals surface area contributed by atoms with Crippen LogP contribution in [0.3, 0.4) is 0 Å². The van der Waals surface area contributed by atoms with E-state index >= 15 is 0 Å². The summed E-state index contributed by atoms with van der Waals surface area (Å²) in [5.41, 5.74) is -1.01. The van der Waals surface area contributed by atoms with Crippen LogP contribution in [0.1, 0.15) is 41.0 Å². The normalized spacial score (nSPS) is 16.9. The number of nitrogens with zero attached hydrogens (tertiary/aromatic N) is 1. The Kier molecular flexibility index (Phi) is 7.67. The molecule has 0 aromatic carbocycles. The van der Waals surface area contributed by atoms with Crippen LogP contribution in [0.4, 0.5) is 13.2 Å². The Hall–Kier alpha value is -0.820. The summed E-state index contributed by atoms with van der Waals surface area (Å²) in [6, 6.07) is -0.397. The Labute approximate surface area is 125 Å². The second-order valence-corrected chi connectivity index (χ2v) is 5.85. The molecule has 0 aliphatic heterocycles. The van der Waals surface area contributed by atoms with Gasteiger partial charge in [0.25, 0.3) is 0 Å². The van der Waals surface area contributed by atoms with E-state index in [1.165, 1.54) is 12.0 Å². The highest BCUT2D eigenvalue weighted by atomic mass is 19.4. The first-order chi connectivity index (χ1) is 9.45. The number of rotatable bonds is 8. The van der Waals surface area contributed by atoms with E-state index in [-0.39, 0.29) is 19.0 Å². The lowest BCUT2D eigenvalue weighted by Gasteiger charge is -2.37. The second kappa shape index (κ2) is 7.98. The molecule has 7 heteroatoms. The molecular formula is C14H27F3N2O2. The summed E-state index contributed by atoms with van der Waals surface area (Å²) in [4.78, 5) is 13.3. The largest absolute Gasteiger partial charge is 0.468 e. The van der Waals surface area contributed by atoms with Gasteiger partial charge in [-0.3, -0.25) is 15.0 Å². The van der Waals surface area contributed by atoms with Crippen molar-refractivity contribution in [1.29, 1.82) is 0 Å². The molecule has 0 aliphatic rings. The van der Waals surface area contributed by atoms with Crippen molar-refractivity contribution in [1.82, 2.24) is 10.2 Å². The maximum absolute atomic E-state index is 12.6. The van der Waals surface area contributed by atoms with Crippen LogP contribution < -0.4 is 5.32 Å². The number of carbonyl (C=O) groups is 1. The minimum absolute atomic E-state index is 0.0130. The van der Waals surface area contributed by atoms with Crippen LogP contribution in [-0.2, 0) is 9.53 Å². The molecule has 0 rings (SSSR count). The van der Waals surface area contributed by atoms with Crippen molar-refractivity contribution in [2.45, 2.75) is 64.8 Å². The fourth-order valence-corrected chi connectivity index (χ4v) is 2.59. The Morgan fingerprint density at radius 2 is 1.81 bits per heavy atom. The van der Waals surface area contributed by atoms with Gasteiger partial charge < -0.3 is 4.74 Å². The molecule has 0 saturated heterocycles. The molecule has 0 saturated carbocycles. The molecule has 0 bridgehead atoms. The fraction of sp³-hybridized carbons (Fsp3) is 0.929. The molecule has 0 aromatic rings. The van der Waals surface area contributed by atoms with Crippen LogP contribution in [0, 0.1) is 0 Å². The highest BCUT2D eigenvalue weighted by molar-refractivity contribution is 5.80. The Morgan fingerprint density at radius 3 is 2.14 bits per heavy atom. The third kappa shape index (κ3) is 7.13. The van der Waals surface area contributed by atoms with Crippen LogP contribution in [0.2, 0.25) is 0 Å². The SMILES string of the molecule is CCN(CC(F)(F)F)C(C)CC(C)(NC(C)C)C(=O)OC. The highest BCUT2D eigenvalue weighted by Gasteiger charge is 2.39.